The molecule has 0 radical (unpaired) electrons. The lowest BCUT2D eigenvalue weighted by molar-refractivity contribution is -0.138. The number of hydrogen-bond acceptors (Lipinski definition) is 5. The third-order valence-electron chi connectivity index (χ3n) is 4.37. The first kappa shape index (κ1) is 20.6. The summed E-state index contributed by atoms with van der Waals surface area (Å²) in [5.74, 6) is -0.235. The molecule has 0 fully saturated rings. The summed E-state index contributed by atoms with van der Waals surface area (Å²) in [6.07, 6.45) is -2.97. The zero-order valence-electron chi connectivity index (χ0n) is 16.0. The molecule has 0 spiro atoms. The molecule has 0 amide bonds. The van der Waals surface area contributed by atoms with E-state index in [1.54, 1.807) is 19.3 Å². The molecule has 9 heteroatoms. The molecule has 0 saturated heterocycles. The normalized spacial score (nSPS) is 11.6. The van der Waals surface area contributed by atoms with Gasteiger partial charge in [-0.15, -0.1) is 0 Å². The van der Waals surface area contributed by atoms with Crippen molar-refractivity contribution in [1.29, 1.82) is 5.26 Å². The van der Waals surface area contributed by atoms with Gasteiger partial charge in [-0.2, -0.15) is 18.4 Å². The molecule has 0 aliphatic carbocycles. The van der Waals surface area contributed by atoms with Gasteiger partial charge in [-0.25, -0.2) is 9.97 Å². The topological polar surface area (TPSA) is 75.8 Å². The van der Waals surface area contributed by atoms with Crippen LogP contribution >= 0.6 is 0 Å². The van der Waals surface area contributed by atoms with E-state index in [0.717, 1.165) is 12.6 Å². The van der Waals surface area contributed by atoms with Gasteiger partial charge < -0.3 is 14.6 Å². The van der Waals surface area contributed by atoms with Crippen LogP contribution in [0.2, 0.25) is 0 Å². The standard InChI is InChI=1S/C20H20F3N5O/c1-3-25-7-8-28-12-26-19-16(11-24)27-15(10-17(19)28)13-5-6-18(29-4-2)14(9-13)20(21,22)23/h5-6,9-10,12,25H,3-4,7-8H2,1-2H3. The molecule has 152 valence electrons. The first-order valence-electron chi connectivity index (χ1n) is 9.20. The van der Waals surface area contributed by atoms with Crippen molar-refractivity contribution in [3.63, 3.8) is 0 Å². The maximum atomic E-state index is 13.5. The van der Waals surface area contributed by atoms with Crippen molar-refractivity contribution in [1.82, 2.24) is 19.9 Å². The number of alkyl halides is 3. The summed E-state index contributed by atoms with van der Waals surface area (Å²) in [6, 6.07) is 7.43. The highest BCUT2D eigenvalue weighted by molar-refractivity contribution is 5.84. The summed E-state index contributed by atoms with van der Waals surface area (Å²) < 4.78 is 47.4. The van der Waals surface area contributed by atoms with E-state index < -0.39 is 11.7 Å². The minimum absolute atomic E-state index is 0.0714. The van der Waals surface area contributed by atoms with E-state index in [1.165, 1.54) is 12.1 Å². The van der Waals surface area contributed by atoms with Gasteiger partial charge in [0, 0.05) is 18.7 Å². The zero-order chi connectivity index (χ0) is 21.0. The minimum atomic E-state index is -4.57. The largest absolute Gasteiger partial charge is 0.493 e. The lowest BCUT2D eigenvalue weighted by Crippen LogP contribution is -2.18. The van der Waals surface area contributed by atoms with Gasteiger partial charge >= 0.3 is 6.18 Å². The number of hydrogen-bond donors (Lipinski definition) is 1. The molecule has 1 aromatic carbocycles. The molecule has 6 nitrogen and oxygen atoms in total. The smallest absolute Gasteiger partial charge is 0.419 e. The van der Waals surface area contributed by atoms with Gasteiger partial charge in [0.1, 0.15) is 17.3 Å². The van der Waals surface area contributed by atoms with Crippen LogP contribution in [0.4, 0.5) is 13.2 Å². The van der Waals surface area contributed by atoms with Gasteiger partial charge in [-0.3, -0.25) is 0 Å². The van der Waals surface area contributed by atoms with Gasteiger partial charge in [-0.1, -0.05) is 6.92 Å². The van der Waals surface area contributed by atoms with Crippen molar-refractivity contribution in [2.45, 2.75) is 26.6 Å². The molecule has 0 bridgehead atoms. The Morgan fingerprint density at radius 1 is 1.24 bits per heavy atom. The minimum Gasteiger partial charge on any atom is -0.493 e. The first-order valence-corrected chi connectivity index (χ1v) is 9.20. The molecular weight excluding hydrogens is 383 g/mol. The number of nitrogens with zero attached hydrogens (tertiary/aromatic N) is 4. The van der Waals surface area contributed by atoms with Gasteiger partial charge in [0.15, 0.2) is 5.69 Å². The van der Waals surface area contributed by atoms with Gasteiger partial charge in [0.05, 0.1) is 29.7 Å². The van der Waals surface area contributed by atoms with Crippen molar-refractivity contribution in [2.75, 3.05) is 19.7 Å². The van der Waals surface area contributed by atoms with Crippen LogP contribution in [0.25, 0.3) is 22.3 Å². The Morgan fingerprint density at radius 3 is 2.69 bits per heavy atom. The van der Waals surface area contributed by atoms with E-state index >= 15 is 0 Å². The number of pyridine rings is 1. The number of rotatable bonds is 7. The molecule has 0 aliphatic rings. The number of imidazole rings is 1. The third-order valence-corrected chi connectivity index (χ3v) is 4.37. The van der Waals surface area contributed by atoms with E-state index in [0.29, 0.717) is 24.1 Å². The molecule has 2 aromatic heterocycles. The summed E-state index contributed by atoms with van der Waals surface area (Å²) in [7, 11) is 0. The molecule has 3 aromatic rings. The molecule has 0 unspecified atom stereocenters. The highest BCUT2D eigenvalue weighted by atomic mass is 19.4. The van der Waals surface area contributed by atoms with E-state index in [4.69, 9.17) is 4.74 Å². The van der Waals surface area contributed by atoms with Crippen LogP contribution in [-0.4, -0.2) is 34.2 Å². The Balaban J connectivity index is 2.12. The summed E-state index contributed by atoms with van der Waals surface area (Å²) in [5.41, 5.74) is 0.785. The fraction of sp³-hybridized carbons (Fsp3) is 0.350. The number of benzene rings is 1. The first-order chi connectivity index (χ1) is 13.9. The Labute approximate surface area is 166 Å². The Morgan fingerprint density at radius 2 is 2.03 bits per heavy atom. The summed E-state index contributed by atoms with van der Waals surface area (Å²) in [4.78, 5) is 8.49. The molecule has 2 heterocycles. The van der Waals surface area contributed by atoms with E-state index in [2.05, 4.69) is 15.3 Å². The number of aromatic nitrogens is 3. The molecule has 1 N–H and O–H groups in total. The van der Waals surface area contributed by atoms with Gasteiger partial charge in [0.25, 0.3) is 0 Å². The lowest BCUT2D eigenvalue weighted by atomic mass is 10.1. The SMILES string of the molecule is CCNCCn1cnc2c(C#N)nc(-c3ccc(OCC)c(C(F)(F)F)c3)cc21. The zero-order valence-corrected chi connectivity index (χ0v) is 16.0. The second-order valence-electron chi connectivity index (χ2n) is 6.27. The van der Waals surface area contributed by atoms with Crippen LogP contribution in [0.3, 0.4) is 0 Å². The molecule has 0 atom stereocenters. The van der Waals surface area contributed by atoms with Crippen molar-refractivity contribution in [2.24, 2.45) is 0 Å². The molecule has 0 saturated carbocycles. The van der Waals surface area contributed by atoms with Crippen molar-refractivity contribution in [3.05, 3.63) is 41.9 Å². The Hall–Kier alpha value is -3.12. The van der Waals surface area contributed by atoms with Gasteiger partial charge in [0.2, 0.25) is 0 Å². The summed E-state index contributed by atoms with van der Waals surface area (Å²) >= 11 is 0. The highest BCUT2D eigenvalue weighted by Gasteiger charge is 2.35. The van der Waals surface area contributed by atoms with Crippen LogP contribution in [0.5, 0.6) is 5.75 Å². The third kappa shape index (κ3) is 4.32. The van der Waals surface area contributed by atoms with Gasteiger partial charge in [-0.05, 0) is 37.7 Å². The van der Waals surface area contributed by atoms with E-state index in [9.17, 15) is 18.4 Å². The van der Waals surface area contributed by atoms with Crippen LogP contribution in [0.1, 0.15) is 25.1 Å². The number of nitriles is 1. The van der Waals surface area contributed by atoms with Crippen LogP contribution in [0, 0.1) is 11.3 Å². The number of likely N-dealkylation sites (N-methyl/N-ethyl adjacent to an activating group) is 1. The predicted molar refractivity (Wildman–Crippen MR) is 102 cm³/mol. The number of nitrogens with one attached hydrogen (secondary N) is 1. The van der Waals surface area contributed by atoms with Crippen molar-refractivity contribution < 1.29 is 17.9 Å². The molecular formula is C20H20F3N5O. The Bertz CT molecular complexity index is 1050. The van der Waals surface area contributed by atoms with Crippen LogP contribution in [0.15, 0.2) is 30.6 Å². The fourth-order valence-electron chi connectivity index (χ4n) is 3.03. The second-order valence-corrected chi connectivity index (χ2v) is 6.27. The summed E-state index contributed by atoms with van der Waals surface area (Å²) in [6.45, 7) is 5.85. The van der Waals surface area contributed by atoms with Crippen molar-refractivity contribution >= 4 is 11.0 Å². The lowest BCUT2D eigenvalue weighted by Gasteiger charge is -2.15. The number of fused-ring (bicyclic) bond motifs is 1. The van der Waals surface area contributed by atoms with E-state index in [1.807, 2.05) is 17.6 Å². The fourth-order valence-corrected chi connectivity index (χ4v) is 3.03. The monoisotopic (exact) mass is 403 g/mol. The van der Waals surface area contributed by atoms with Crippen molar-refractivity contribution in [3.8, 4) is 23.1 Å². The van der Waals surface area contributed by atoms with E-state index in [-0.39, 0.29) is 29.3 Å². The highest BCUT2D eigenvalue weighted by Crippen LogP contribution is 2.39. The Kier molecular flexibility index (Phi) is 6.03. The maximum Gasteiger partial charge on any atom is 0.419 e. The quantitative estimate of drug-likeness (QED) is 0.604. The molecule has 0 aliphatic heterocycles. The molecule has 29 heavy (non-hydrogen) atoms. The molecule has 3 rings (SSSR count). The average Bonchev–Trinajstić information content (AvgIpc) is 3.10. The predicted octanol–water partition coefficient (Wildman–Crippen LogP) is 4.00. The van der Waals surface area contributed by atoms with Crippen LogP contribution in [-0.2, 0) is 12.7 Å². The summed E-state index contributed by atoms with van der Waals surface area (Å²) in [5, 5.41) is 12.7. The number of ether oxygens (including phenoxy) is 1. The van der Waals surface area contributed by atoms with Crippen LogP contribution < -0.4 is 10.1 Å². The average molecular weight is 403 g/mol. The second kappa shape index (κ2) is 8.49. The number of halogens is 3. The maximum absolute atomic E-state index is 13.5.